The summed E-state index contributed by atoms with van der Waals surface area (Å²) in [6.45, 7) is 4.32. The molecule has 1 fully saturated rings. The molecule has 0 aromatic heterocycles. The Bertz CT molecular complexity index is 704. The molecule has 0 aliphatic heterocycles. The summed E-state index contributed by atoms with van der Waals surface area (Å²) in [5.74, 6) is -0.477. The molecule has 1 aliphatic rings. The van der Waals surface area contributed by atoms with E-state index in [2.05, 4.69) is 25.6 Å². The van der Waals surface area contributed by atoms with Crippen molar-refractivity contribution in [2.24, 2.45) is 0 Å². The van der Waals surface area contributed by atoms with Crippen molar-refractivity contribution in [3.05, 3.63) is 28.2 Å². The highest BCUT2D eigenvalue weighted by Gasteiger charge is 2.30. The van der Waals surface area contributed by atoms with Gasteiger partial charge in [0.15, 0.2) is 0 Å². The zero-order valence-corrected chi connectivity index (χ0v) is 16.5. The van der Waals surface area contributed by atoms with Crippen molar-refractivity contribution in [1.82, 2.24) is 9.62 Å². The van der Waals surface area contributed by atoms with Crippen LogP contribution in [-0.2, 0) is 14.8 Å². The number of sulfonamides is 1. The predicted octanol–water partition coefficient (Wildman–Crippen LogP) is 2.39. The number of esters is 1. The van der Waals surface area contributed by atoms with Crippen LogP contribution in [0.4, 0.5) is 0 Å². The molecule has 0 saturated heterocycles. The first kappa shape index (κ1) is 19.4. The van der Waals surface area contributed by atoms with Gasteiger partial charge in [0.05, 0.1) is 17.1 Å². The molecule has 0 spiro atoms. The summed E-state index contributed by atoms with van der Waals surface area (Å²) in [7, 11) is -1.64. The van der Waals surface area contributed by atoms with Gasteiger partial charge in [0.25, 0.3) is 0 Å². The first-order chi connectivity index (χ1) is 11.3. The maximum absolute atomic E-state index is 12.5. The highest BCUT2D eigenvalue weighted by molar-refractivity contribution is 9.10. The number of carbonyl (C=O) groups excluding carboxylic acids is 1. The summed E-state index contributed by atoms with van der Waals surface area (Å²) in [6, 6.07) is 5.02. The number of likely N-dealkylation sites (N-methyl/N-ethyl adjacent to an activating group) is 1. The minimum Gasteiger partial charge on any atom is -0.462 e. The molecule has 24 heavy (non-hydrogen) atoms. The van der Waals surface area contributed by atoms with Gasteiger partial charge < -0.3 is 4.74 Å². The maximum atomic E-state index is 12.5. The van der Waals surface area contributed by atoms with Gasteiger partial charge in [-0.1, -0.05) is 0 Å². The fourth-order valence-electron chi connectivity index (χ4n) is 2.35. The lowest BCUT2D eigenvalue weighted by molar-refractivity contribution is 0.0526. The van der Waals surface area contributed by atoms with Crippen molar-refractivity contribution in [3.8, 4) is 0 Å². The molecule has 1 aromatic carbocycles. The fourth-order valence-corrected chi connectivity index (χ4v) is 4.55. The SMILES string of the molecule is CCOC(=O)c1ccc(S(=O)(=O)NCC(C)N(C)C2CC2)c(Br)c1. The van der Waals surface area contributed by atoms with Crippen LogP contribution in [-0.4, -0.2) is 51.6 Å². The molecule has 1 N–H and O–H groups in total. The average Bonchev–Trinajstić information content (AvgIpc) is 3.36. The first-order valence-corrected chi connectivity index (χ1v) is 10.2. The first-order valence-electron chi connectivity index (χ1n) is 7.94. The second-order valence-corrected chi connectivity index (χ2v) is 8.55. The van der Waals surface area contributed by atoms with Crippen LogP contribution in [0.15, 0.2) is 27.6 Å². The van der Waals surface area contributed by atoms with Crippen LogP contribution >= 0.6 is 15.9 Å². The van der Waals surface area contributed by atoms with Gasteiger partial charge in [-0.25, -0.2) is 17.9 Å². The minimum absolute atomic E-state index is 0.108. The van der Waals surface area contributed by atoms with Crippen molar-refractivity contribution in [2.75, 3.05) is 20.2 Å². The van der Waals surface area contributed by atoms with E-state index in [9.17, 15) is 13.2 Å². The van der Waals surface area contributed by atoms with Crippen molar-refractivity contribution in [3.63, 3.8) is 0 Å². The third-order valence-corrected chi connectivity index (χ3v) is 6.52. The van der Waals surface area contributed by atoms with Crippen LogP contribution in [0.3, 0.4) is 0 Å². The van der Waals surface area contributed by atoms with Crippen LogP contribution < -0.4 is 4.72 Å². The maximum Gasteiger partial charge on any atom is 0.338 e. The molecular formula is C16H23BrN2O4S. The quantitative estimate of drug-likeness (QED) is 0.655. The molecule has 134 valence electrons. The molecule has 6 nitrogen and oxygen atoms in total. The molecule has 2 rings (SSSR count). The molecule has 1 aromatic rings. The molecule has 0 heterocycles. The number of benzene rings is 1. The Morgan fingerprint density at radius 1 is 1.46 bits per heavy atom. The van der Waals surface area contributed by atoms with Gasteiger partial charge in [-0.3, -0.25) is 4.90 Å². The lowest BCUT2D eigenvalue weighted by Crippen LogP contribution is -2.41. The van der Waals surface area contributed by atoms with E-state index in [1.807, 2.05) is 14.0 Å². The number of rotatable bonds is 8. The summed E-state index contributed by atoms with van der Waals surface area (Å²) in [5.41, 5.74) is 0.310. The Hall–Kier alpha value is -0.960. The summed E-state index contributed by atoms with van der Waals surface area (Å²) < 4.78 is 32.9. The van der Waals surface area contributed by atoms with Crippen molar-refractivity contribution in [2.45, 2.75) is 43.7 Å². The van der Waals surface area contributed by atoms with Gasteiger partial charge in [0, 0.05) is 23.1 Å². The van der Waals surface area contributed by atoms with Crippen molar-refractivity contribution in [1.29, 1.82) is 0 Å². The van der Waals surface area contributed by atoms with Crippen LogP contribution in [0, 0.1) is 0 Å². The monoisotopic (exact) mass is 418 g/mol. The van der Waals surface area contributed by atoms with Gasteiger partial charge >= 0.3 is 5.97 Å². The molecule has 0 amide bonds. The van der Waals surface area contributed by atoms with E-state index in [1.54, 1.807) is 6.92 Å². The van der Waals surface area contributed by atoms with Crippen molar-refractivity contribution < 1.29 is 17.9 Å². The fraction of sp³-hybridized carbons (Fsp3) is 0.562. The van der Waals surface area contributed by atoms with E-state index in [0.29, 0.717) is 22.6 Å². The van der Waals surface area contributed by atoms with Crippen molar-refractivity contribution >= 4 is 31.9 Å². The third kappa shape index (κ3) is 4.78. The lowest BCUT2D eigenvalue weighted by Gasteiger charge is -2.24. The third-order valence-electron chi connectivity index (χ3n) is 4.12. The van der Waals surface area contributed by atoms with Gasteiger partial charge in [-0.15, -0.1) is 0 Å². The summed E-state index contributed by atoms with van der Waals surface area (Å²) in [4.78, 5) is 14.0. The standard InChI is InChI=1S/C16H23BrN2O4S/c1-4-23-16(20)12-5-8-15(14(17)9-12)24(21,22)18-10-11(2)19(3)13-6-7-13/h5,8-9,11,13,18H,4,6-7,10H2,1-3H3. The molecule has 1 unspecified atom stereocenters. The number of halogens is 1. The van der Waals surface area contributed by atoms with E-state index in [1.165, 1.54) is 31.0 Å². The van der Waals surface area contributed by atoms with Crippen LogP contribution in [0.5, 0.6) is 0 Å². The molecular weight excluding hydrogens is 396 g/mol. The topological polar surface area (TPSA) is 75.7 Å². The summed E-state index contributed by atoms with van der Waals surface area (Å²) >= 11 is 3.23. The number of hydrogen-bond acceptors (Lipinski definition) is 5. The lowest BCUT2D eigenvalue weighted by atomic mass is 10.2. The number of nitrogens with zero attached hydrogens (tertiary/aromatic N) is 1. The Balaban J connectivity index is 2.06. The highest BCUT2D eigenvalue weighted by Crippen LogP contribution is 2.27. The van der Waals surface area contributed by atoms with E-state index in [0.717, 1.165) is 0 Å². The Morgan fingerprint density at radius 3 is 2.67 bits per heavy atom. The van der Waals surface area contributed by atoms with Crippen LogP contribution in [0.2, 0.25) is 0 Å². The number of ether oxygens (including phenoxy) is 1. The van der Waals surface area contributed by atoms with Gasteiger partial charge in [0.1, 0.15) is 0 Å². The Morgan fingerprint density at radius 2 is 2.12 bits per heavy atom. The molecule has 1 saturated carbocycles. The van der Waals surface area contributed by atoms with Gasteiger partial charge in [0.2, 0.25) is 10.0 Å². The molecule has 0 bridgehead atoms. The highest BCUT2D eigenvalue weighted by atomic mass is 79.9. The minimum atomic E-state index is -3.66. The smallest absolute Gasteiger partial charge is 0.338 e. The zero-order chi connectivity index (χ0) is 17.9. The van der Waals surface area contributed by atoms with Gasteiger partial charge in [-0.05, 0) is 67.9 Å². The molecule has 1 atom stereocenters. The molecule has 1 aliphatic carbocycles. The van der Waals surface area contributed by atoms with E-state index >= 15 is 0 Å². The number of carbonyl (C=O) groups is 1. The second-order valence-electron chi connectivity index (χ2n) is 5.96. The summed E-state index contributed by atoms with van der Waals surface area (Å²) in [6.07, 6.45) is 2.35. The molecule has 8 heteroatoms. The Kier molecular flexibility index (Phi) is 6.41. The molecule has 0 radical (unpaired) electrons. The largest absolute Gasteiger partial charge is 0.462 e. The van der Waals surface area contributed by atoms with E-state index in [-0.39, 0.29) is 17.5 Å². The van der Waals surface area contributed by atoms with E-state index in [4.69, 9.17) is 4.74 Å². The second kappa shape index (κ2) is 7.95. The van der Waals surface area contributed by atoms with Crippen LogP contribution in [0.1, 0.15) is 37.0 Å². The van der Waals surface area contributed by atoms with Gasteiger partial charge in [-0.2, -0.15) is 0 Å². The number of nitrogens with one attached hydrogen (secondary N) is 1. The van der Waals surface area contributed by atoms with Crippen LogP contribution in [0.25, 0.3) is 0 Å². The zero-order valence-electron chi connectivity index (χ0n) is 14.1. The average molecular weight is 419 g/mol. The van der Waals surface area contributed by atoms with E-state index < -0.39 is 16.0 Å². The number of hydrogen-bond donors (Lipinski definition) is 1. The predicted molar refractivity (Wildman–Crippen MR) is 95.5 cm³/mol. The normalized spacial score (nSPS) is 16.2. The summed E-state index contributed by atoms with van der Waals surface area (Å²) in [5, 5.41) is 0. The Labute approximate surface area is 151 Å².